The van der Waals surface area contributed by atoms with Crippen LogP contribution in [-0.4, -0.2) is 37.3 Å². The molecule has 1 heterocycles. The number of fused-ring (bicyclic) bond motifs is 1. The lowest BCUT2D eigenvalue weighted by atomic mass is 10.1. The molecule has 186 valence electrons. The monoisotopic (exact) mass is 505 g/mol. The van der Waals surface area contributed by atoms with Gasteiger partial charge in [-0.15, -0.1) is 0 Å². The van der Waals surface area contributed by atoms with E-state index in [0.29, 0.717) is 35.1 Å². The fourth-order valence-electron chi connectivity index (χ4n) is 3.73. The molecule has 4 aromatic rings. The van der Waals surface area contributed by atoms with E-state index in [-0.39, 0.29) is 5.11 Å². The molecule has 36 heavy (non-hydrogen) atoms. The number of oxazole rings is 1. The molecule has 1 amide bonds. The van der Waals surface area contributed by atoms with Gasteiger partial charge in [0.1, 0.15) is 5.52 Å². The average Bonchev–Trinajstić information content (AvgIpc) is 3.24. The largest absolute Gasteiger partial charge is 0.493 e. The summed E-state index contributed by atoms with van der Waals surface area (Å²) in [4.78, 5) is 17.3. The van der Waals surface area contributed by atoms with Crippen LogP contribution in [-0.2, 0) is 6.42 Å². The number of carbonyl (C=O) groups excluding carboxylic acids is 1. The SMILES string of the molecule is COc1cc(C(=O)NC(=S)Nc2ccc(Cc3nc4cc(C)c(C)cc4o3)cc2)cc(OC)c1OC. The first-order chi connectivity index (χ1) is 17.3. The third-order valence-electron chi connectivity index (χ3n) is 5.77. The van der Waals surface area contributed by atoms with Gasteiger partial charge >= 0.3 is 0 Å². The zero-order valence-electron chi connectivity index (χ0n) is 20.7. The van der Waals surface area contributed by atoms with E-state index in [1.54, 1.807) is 12.1 Å². The lowest BCUT2D eigenvalue weighted by molar-refractivity contribution is 0.0977. The zero-order chi connectivity index (χ0) is 25.8. The number of hydrogen-bond donors (Lipinski definition) is 2. The summed E-state index contributed by atoms with van der Waals surface area (Å²) in [7, 11) is 4.47. The van der Waals surface area contributed by atoms with Crippen molar-refractivity contribution in [2.24, 2.45) is 0 Å². The summed E-state index contributed by atoms with van der Waals surface area (Å²) in [6.45, 7) is 4.12. The number of aryl methyl sites for hydroxylation is 2. The second-order valence-electron chi connectivity index (χ2n) is 8.21. The molecule has 0 atom stereocenters. The highest BCUT2D eigenvalue weighted by Gasteiger charge is 2.18. The molecule has 9 heteroatoms. The molecule has 0 radical (unpaired) electrons. The molecule has 0 unspecified atom stereocenters. The van der Waals surface area contributed by atoms with Gasteiger partial charge in [0.15, 0.2) is 28.1 Å². The van der Waals surface area contributed by atoms with Crippen LogP contribution in [0.2, 0.25) is 0 Å². The Labute approximate surface area is 214 Å². The van der Waals surface area contributed by atoms with Crippen LogP contribution >= 0.6 is 12.2 Å². The van der Waals surface area contributed by atoms with Crippen LogP contribution in [0.3, 0.4) is 0 Å². The highest BCUT2D eigenvalue weighted by atomic mass is 32.1. The summed E-state index contributed by atoms with van der Waals surface area (Å²) in [5.41, 5.74) is 6.10. The first-order valence-electron chi connectivity index (χ1n) is 11.2. The summed E-state index contributed by atoms with van der Waals surface area (Å²) in [5.74, 6) is 1.40. The number of nitrogens with zero attached hydrogens (tertiary/aromatic N) is 1. The Morgan fingerprint density at radius 1 is 0.944 bits per heavy atom. The Morgan fingerprint density at radius 3 is 2.19 bits per heavy atom. The quantitative estimate of drug-likeness (QED) is 0.332. The van der Waals surface area contributed by atoms with E-state index >= 15 is 0 Å². The van der Waals surface area contributed by atoms with Crippen LogP contribution in [0.25, 0.3) is 11.1 Å². The average molecular weight is 506 g/mol. The smallest absolute Gasteiger partial charge is 0.257 e. The maximum Gasteiger partial charge on any atom is 0.257 e. The van der Waals surface area contributed by atoms with Crippen LogP contribution in [0, 0.1) is 13.8 Å². The fourth-order valence-corrected chi connectivity index (χ4v) is 3.94. The lowest BCUT2D eigenvalue weighted by Gasteiger charge is -2.14. The summed E-state index contributed by atoms with van der Waals surface area (Å²) in [5, 5.41) is 5.85. The van der Waals surface area contributed by atoms with Gasteiger partial charge in [0.05, 0.1) is 21.3 Å². The molecule has 0 spiro atoms. The molecule has 0 aliphatic rings. The van der Waals surface area contributed by atoms with Crippen molar-refractivity contribution in [3.63, 3.8) is 0 Å². The maximum absolute atomic E-state index is 12.7. The van der Waals surface area contributed by atoms with Gasteiger partial charge in [0.25, 0.3) is 5.91 Å². The number of anilines is 1. The molecule has 8 nitrogen and oxygen atoms in total. The third-order valence-corrected chi connectivity index (χ3v) is 5.97. The number of amides is 1. The molecule has 0 bridgehead atoms. The summed E-state index contributed by atoms with van der Waals surface area (Å²) < 4.78 is 21.8. The minimum absolute atomic E-state index is 0.159. The van der Waals surface area contributed by atoms with Gasteiger partial charge in [-0.05, 0) is 79.2 Å². The molecule has 0 fully saturated rings. The fraction of sp³-hybridized carbons (Fsp3) is 0.222. The van der Waals surface area contributed by atoms with Crippen molar-refractivity contribution in [3.05, 3.63) is 76.7 Å². The predicted octanol–water partition coefficient (Wildman–Crippen LogP) is 5.19. The third kappa shape index (κ3) is 5.41. The Balaban J connectivity index is 1.39. The van der Waals surface area contributed by atoms with Crippen LogP contribution in [0.1, 0.15) is 32.9 Å². The molecule has 2 N–H and O–H groups in total. The van der Waals surface area contributed by atoms with Gasteiger partial charge in [-0.2, -0.15) is 0 Å². The van der Waals surface area contributed by atoms with E-state index in [9.17, 15) is 4.79 Å². The second kappa shape index (κ2) is 10.7. The number of aromatic nitrogens is 1. The summed E-state index contributed by atoms with van der Waals surface area (Å²) in [6, 6.07) is 14.8. The highest BCUT2D eigenvalue weighted by molar-refractivity contribution is 7.80. The Hall–Kier alpha value is -4.11. The summed E-state index contributed by atoms with van der Waals surface area (Å²) >= 11 is 5.32. The van der Waals surface area contributed by atoms with Gasteiger partial charge in [-0.25, -0.2) is 4.98 Å². The van der Waals surface area contributed by atoms with Crippen molar-refractivity contribution in [1.82, 2.24) is 10.3 Å². The molecular formula is C27H27N3O5S. The molecular weight excluding hydrogens is 478 g/mol. The predicted molar refractivity (Wildman–Crippen MR) is 143 cm³/mol. The van der Waals surface area contributed by atoms with Crippen molar-refractivity contribution >= 4 is 40.0 Å². The van der Waals surface area contributed by atoms with E-state index in [1.807, 2.05) is 36.4 Å². The van der Waals surface area contributed by atoms with E-state index < -0.39 is 5.91 Å². The van der Waals surface area contributed by atoms with E-state index in [1.165, 1.54) is 32.5 Å². The van der Waals surface area contributed by atoms with Crippen LogP contribution in [0.4, 0.5) is 5.69 Å². The Kier molecular flexibility index (Phi) is 7.40. The number of benzene rings is 3. The standard InChI is InChI=1S/C27H27N3O5S/c1-15-10-20-21(11-16(15)2)35-24(29-20)12-17-6-8-19(9-7-17)28-27(36)30-26(31)18-13-22(32-3)25(34-5)23(14-18)33-4/h6-11,13-14H,12H2,1-5H3,(H2,28,30,31,36). The van der Waals surface area contributed by atoms with E-state index in [0.717, 1.165) is 22.4 Å². The first-order valence-corrected chi connectivity index (χ1v) is 11.6. The van der Waals surface area contributed by atoms with Gasteiger partial charge < -0.3 is 23.9 Å². The van der Waals surface area contributed by atoms with Crippen molar-refractivity contribution in [2.75, 3.05) is 26.6 Å². The minimum Gasteiger partial charge on any atom is -0.493 e. The normalized spacial score (nSPS) is 10.7. The molecule has 0 aliphatic heterocycles. The second-order valence-corrected chi connectivity index (χ2v) is 8.62. The van der Waals surface area contributed by atoms with Gasteiger partial charge in [0, 0.05) is 17.7 Å². The number of carbonyl (C=O) groups is 1. The number of hydrogen-bond acceptors (Lipinski definition) is 7. The van der Waals surface area contributed by atoms with E-state index in [2.05, 4.69) is 29.5 Å². The van der Waals surface area contributed by atoms with Crippen LogP contribution < -0.4 is 24.8 Å². The molecule has 0 saturated carbocycles. The topological polar surface area (TPSA) is 94.9 Å². The molecule has 3 aromatic carbocycles. The molecule has 0 saturated heterocycles. The summed E-state index contributed by atoms with van der Waals surface area (Å²) in [6.07, 6.45) is 0.565. The van der Waals surface area contributed by atoms with Crippen molar-refractivity contribution < 1.29 is 23.4 Å². The maximum atomic E-state index is 12.7. The van der Waals surface area contributed by atoms with Crippen LogP contribution in [0.5, 0.6) is 17.2 Å². The van der Waals surface area contributed by atoms with Crippen molar-refractivity contribution in [1.29, 1.82) is 0 Å². The Bertz CT molecular complexity index is 1370. The zero-order valence-corrected chi connectivity index (χ0v) is 21.5. The number of nitrogens with one attached hydrogen (secondary N) is 2. The van der Waals surface area contributed by atoms with Crippen molar-refractivity contribution in [2.45, 2.75) is 20.3 Å². The highest BCUT2D eigenvalue weighted by Crippen LogP contribution is 2.38. The van der Waals surface area contributed by atoms with Gasteiger partial charge in [-0.3, -0.25) is 10.1 Å². The number of thiocarbonyl (C=S) groups is 1. The number of ether oxygens (including phenoxy) is 3. The molecule has 4 rings (SSSR count). The molecule has 0 aliphatic carbocycles. The Morgan fingerprint density at radius 2 is 1.58 bits per heavy atom. The van der Waals surface area contributed by atoms with Crippen molar-refractivity contribution in [3.8, 4) is 17.2 Å². The van der Waals surface area contributed by atoms with Gasteiger partial charge in [0.2, 0.25) is 5.75 Å². The first kappa shape index (κ1) is 25.0. The van der Waals surface area contributed by atoms with Gasteiger partial charge in [-0.1, -0.05) is 12.1 Å². The number of rotatable bonds is 7. The lowest BCUT2D eigenvalue weighted by Crippen LogP contribution is -2.34. The number of methoxy groups -OCH3 is 3. The minimum atomic E-state index is -0.412. The van der Waals surface area contributed by atoms with E-state index in [4.69, 9.17) is 30.8 Å². The molecule has 1 aromatic heterocycles. The van der Waals surface area contributed by atoms with Crippen LogP contribution in [0.15, 0.2) is 52.9 Å².